The summed E-state index contributed by atoms with van der Waals surface area (Å²) in [6, 6.07) is 7.96. The van der Waals surface area contributed by atoms with Gasteiger partial charge in [0.15, 0.2) is 9.84 Å². The van der Waals surface area contributed by atoms with E-state index < -0.39 is 9.84 Å². The maximum absolute atomic E-state index is 11.9. The van der Waals surface area contributed by atoms with Gasteiger partial charge in [-0.1, -0.05) is 12.1 Å². The molecule has 3 rings (SSSR count). The highest BCUT2D eigenvalue weighted by atomic mass is 32.2. The summed E-state index contributed by atoms with van der Waals surface area (Å²) >= 11 is 0. The lowest BCUT2D eigenvalue weighted by Crippen LogP contribution is -2.16. The van der Waals surface area contributed by atoms with Gasteiger partial charge in [0.1, 0.15) is 0 Å². The minimum Gasteiger partial charge on any atom is -0.224 e. The average Bonchev–Trinajstić information content (AvgIpc) is 3.02. The second-order valence-electron chi connectivity index (χ2n) is 5.58. The summed E-state index contributed by atoms with van der Waals surface area (Å²) in [5, 5.41) is 9.07. The van der Waals surface area contributed by atoms with Crippen LogP contribution in [0.2, 0.25) is 0 Å². The Morgan fingerprint density at radius 2 is 2.22 bits per heavy atom. The normalized spacial score (nSPS) is 32.3. The summed E-state index contributed by atoms with van der Waals surface area (Å²) in [5.74, 6) is 0.538. The summed E-state index contributed by atoms with van der Waals surface area (Å²) in [5.41, 5.74) is 1.81. The maximum Gasteiger partial charge on any atom is 0.178 e. The predicted molar refractivity (Wildman–Crippen MR) is 67.9 cm³/mol. The fourth-order valence-corrected chi connectivity index (χ4v) is 4.43. The van der Waals surface area contributed by atoms with Crippen LogP contribution in [0.3, 0.4) is 0 Å². The fraction of sp³-hybridized carbons (Fsp3) is 0.500. The van der Waals surface area contributed by atoms with E-state index in [4.69, 9.17) is 5.26 Å². The van der Waals surface area contributed by atoms with Crippen LogP contribution >= 0.6 is 0 Å². The molecule has 1 aromatic rings. The number of sulfone groups is 1. The van der Waals surface area contributed by atoms with Crippen LogP contribution in [-0.2, 0) is 16.3 Å². The predicted octanol–water partition coefficient (Wildman–Crippen LogP) is 2.42. The average molecular weight is 261 g/mol. The lowest BCUT2D eigenvalue weighted by molar-refractivity contribution is 0.586. The van der Waals surface area contributed by atoms with Gasteiger partial charge in [0.25, 0.3) is 0 Å². The van der Waals surface area contributed by atoms with Gasteiger partial charge in [-0.3, -0.25) is 0 Å². The Morgan fingerprint density at radius 3 is 2.89 bits per heavy atom. The van der Waals surface area contributed by atoms with Crippen molar-refractivity contribution in [2.45, 2.75) is 37.0 Å². The van der Waals surface area contributed by atoms with Crippen molar-refractivity contribution in [1.82, 2.24) is 0 Å². The van der Waals surface area contributed by atoms with Gasteiger partial charge in [0.05, 0.1) is 22.1 Å². The van der Waals surface area contributed by atoms with Gasteiger partial charge in [-0.15, -0.1) is 0 Å². The molecular formula is C14H15NO2S. The first-order valence-corrected chi connectivity index (χ1v) is 7.88. The molecule has 18 heavy (non-hydrogen) atoms. The molecule has 0 bridgehead atoms. The zero-order chi connectivity index (χ0) is 13.0. The Bertz CT molecular complexity index is 657. The highest BCUT2D eigenvalue weighted by molar-refractivity contribution is 7.91. The minimum atomic E-state index is -3.06. The van der Waals surface area contributed by atoms with Crippen LogP contribution in [0.4, 0.5) is 0 Å². The summed E-state index contributed by atoms with van der Waals surface area (Å²) in [4.78, 5) is 0.497. The molecule has 0 N–H and O–H groups in total. The molecule has 0 radical (unpaired) electrons. The van der Waals surface area contributed by atoms with Gasteiger partial charge in [-0.05, 0) is 43.4 Å². The van der Waals surface area contributed by atoms with E-state index in [1.165, 1.54) is 0 Å². The summed E-state index contributed by atoms with van der Waals surface area (Å²) < 4.78 is 23.8. The van der Waals surface area contributed by atoms with Crippen LogP contribution in [0.5, 0.6) is 0 Å². The molecular weight excluding hydrogens is 246 g/mol. The third-order valence-electron chi connectivity index (χ3n) is 4.17. The Hall–Kier alpha value is -1.34. The van der Waals surface area contributed by atoms with E-state index >= 15 is 0 Å². The van der Waals surface area contributed by atoms with Gasteiger partial charge < -0.3 is 0 Å². The van der Waals surface area contributed by atoms with Crippen LogP contribution in [0.25, 0.3) is 0 Å². The van der Waals surface area contributed by atoms with E-state index in [0.29, 0.717) is 11.3 Å². The zero-order valence-corrected chi connectivity index (χ0v) is 11.1. The molecule has 4 heteroatoms. The first kappa shape index (κ1) is 11.7. The van der Waals surface area contributed by atoms with Crippen LogP contribution in [0.15, 0.2) is 23.1 Å². The highest BCUT2D eigenvalue weighted by Gasteiger charge is 2.51. The van der Waals surface area contributed by atoms with Gasteiger partial charge in [0, 0.05) is 5.92 Å². The third kappa shape index (κ3) is 1.65. The van der Waals surface area contributed by atoms with Crippen molar-refractivity contribution >= 4 is 9.84 Å². The third-order valence-corrected chi connectivity index (χ3v) is 6.07. The SMILES string of the molecule is CC1(C#N)CC1c1ccc2c(c1)CCCS2(=O)=O. The standard InChI is InChI=1S/C14H15NO2S/c1-14(9-15)8-12(14)10-4-5-13-11(7-10)3-2-6-18(13,16)17/h4-5,7,12H,2-3,6,8H2,1H3. The van der Waals surface area contributed by atoms with Crippen LogP contribution in [-0.4, -0.2) is 14.2 Å². The molecule has 0 spiro atoms. The van der Waals surface area contributed by atoms with Gasteiger partial charge in [-0.25, -0.2) is 8.42 Å². The monoisotopic (exact) mass is 261 g/mol. The Labute approximate surface area is 107 Å². The molecule has 2 unspecified atom stereocenters. The topological polar surface area (TPSA) is 57.9 Å². The maximum atomic E-state index is 11.9. The highest BCUT2D eigenvalue weighted by Crippen LogP contribution is 2.58. The number of aryl methyl sites for hydroxylation is 1. The minimum absolute atomic E-state index is 0.248. The first-order valence-electron chi connectivity index (χ1n) is 6.23. The number of nitrogens with zero attached hydrogens (tertiary/aromatic N) is 1. The number of nitriles is 1. The van der Waals surface area contributed by atoms with E-state index in [1.807, 2.05) is 19.1 Å². The molecule has 1 fully saturated rings. The number of hydrogen-bond donors (Lipinski definition) is 0. The quantitative estimate of drug-likeness (QED) is 0.780. The Morgan fingerprint density at radius 1 is 1.44 bits per heavy atom. The number of benzene rings is 1. The number of fused-ring (bicyclic) bond motifs is 1. The van der Waals surface area contributed by atoms with E-state index in [1.54, 1.807) is 6.07 Å². The summed E-state index contributed by atoms with van der Waals surface area (Å²) in [6.07, 6.45) is 2.42. The molecule has 1 aliphatic carbocycles. The molecule has 0 amide bonds. The lowest BCUT2D eigenvalue weighted by Gasteiger charge is -2.17. The van der Waals surface area contributed by atoms with Crippen LogP contribution in [0, 0.1) is 16.7 Å². The summed E-state index contributed by atoms with van der Waals surface area (Å²) in [7, 11) is -3.06. The molecule has 1 aromatic carbocycles. The first-order chi connectivity index (χ1) is 8.46. The van der Waals surface area contributed by atoms with Crippen molar-refractivity contribution in [3.63, 3.8) is 0 Å². The molecule has 0 aromatic heterocycles. The lowest BCUT2D eigenvalue weighted by atomic mass is 9.99. The van der Waals surface area contributed by atoms with Crippen molar-refractivity contribution in [3.05, 3.63) is 29.3 Å². The molecule has 94 valence electrons. The smallest absolute Gasteiger partial charge is 0.178 e. The van der Waals surface area contributed by atoms with E-state index in [0.717, 1.165) is 24.0 Å². The van der Waals surface area contributed by atoms with Gasteiger partial charge in [0.2, 0.25) is 0 Å². The van der Waals surface area contributed by atoms with Crippen LogP contribution < -0.4 is 0 Å². The molecule has 1 saturated carbocycles. The Balaban J connectivity index is 2.01. The molecule has 0 saturated heterocycles. The zero-order valence-electron chi connectivity index (χ0n) is 10.3. The molecule has 2 aliphatic rings. The van der Waals surface area contributed by atoms with Crippen molar-refractivity contribution in [2.24, 2.45) is 5.41 Å². The second-order valence-corrected chi connectivity index (χ2v) is 7.65. The van der Waals surface area contributed by atoms with Crippen molar-refractivity contribution in [1.29, 1.82) is 5.26 Å². The molecule has 3 nitrogen and oxygen atoms in total. The summed E-state index contributed by atoms with van der Waals surface area (Å²) in [6.45, 7) is 1.97. The molecule has 2 atom stereocenters. The van der Waals surface area contributed by atoms with Gasteiger partial charge in [-0.2, -0.15) is 5.26 Å². The fourth-order valence-electron chi connectivity index (χ4n) is 2.85. The van der Waals surface area contributed by atoms with Crippen LogP contribution in [0.1, 0.15) is 36.8 Å². The second kappa shape index (κ2) is 3.58. The molecule has 1 heterocycles. The van der Waals surface area contributed by atoms with Crippen molar-refractivity contribution < 1.29 is 8.42 Å². The van der Waals surface area contributed by atoms with E-state index in [9.17, 15) is 8.42 Å². The largest absolute Gasteiger partial charge is 0.224 e. The number of hydrogen-bond acceptors (Lipinski definition) is 3. The van der Waals surface area contributed by atoms with E-state index in [2.05, 4.69) is 6.07 Å². The number of rotatable bonds is 1. The molecule has 1 aliphatic heterocycles. The van der Waals surface area contributed by atoms with Crippen molar-refractivity contribution in [3.8, 4) is 6.07 Å². The van der Waals surface area contributed by atoms with E-state index in [-0.39, 0.29) is 17.1 Å². The Kier molecular flexibility index (Phi) is 2.33. The van der Waals surface area contributed by atoms with Crippen molar-refractivity contribution in [2.75, 3.05) is 5.75 Å². The van der Waals surface area contributed by atoms with Gasteiger partial charge >= 0.3 is 0 Å².